The van der Waals surface area contributed by atoms with E-state index in [2.05, 4.69) is 25.4 Å². The standard InChI is InChI=1S/C25H35BO2/c26-23-14-10-20(11-15-23)19-6-8-22(9-7-19)25(27)28-24-16-12-21(13-17-24)18-4-2-1-3-5-18/h12,16,18-20,22-23H,1-11,14-15,26H2. The molecule has 0 bridgehead atoms. The van der Waals surface area contributed by atoms with Crippen molar-refractivity contribution in [3.8, 4) is 0 Å². The first kappa shape index (κ1) is 19.9. The smallest absolute Gasteiger partial charge is 0.314 e. The molecule has 3 fully saturated rings. The highest BCUT2D eigenvalue weighted by Gasteiger charge is 2.33. The first-order chi connectivity index (χ1) is 13.7. The summed E-state index contributed by atoms with van der Waals surface area (Å²) in [7, 11) is 2.39. The summed E-state index contributed by atoms with van der Waals surface area (Å²) in [6.45, 7) is 0. The van der Waals surface area contributed by atoms with Crippen LogP contribution in [-0.2, 0) is 9.53 Å². The monoisotopic (exact) mass is 378 g/mol. The molecule has 28 heavy (non-hydrogen) atoms. The van der Waals surface area contributed by atoms with Gasteiger partial charge in [0.15, 0.2) is 5.76 Å². The van der Waals surface area contributed by atoms with Gasteiger partial charge in [-0.3, -0.25) is 4.79 Å². The van der Waals surface area contributed by atoms with Gasteiger partial charge in [0.25, 0.3) is 0 Å². The summed E-state index contributed by atoms with van der Waals surface area (Å²) < 4.78 is 5.67. The van der Waals surface area contributed by atoms with Crippen LogP contribution in [0.25, 0.3) is 0 Å². The van der Waals surface area contributed by atoms with Gasteiger partial charge in [-0.05, 0) is 74.2 Å². The average Bonchev–Trinajstić information content (AvgIpc) is 2.75. The van der Waals surface area contributed by atoms with Crippen molar-refractivity contribution in [1.29, 1.82) is 0 Å². The zero-order chi connectivity index (χ0) is 19.3. The highest BCUT2D eigenvalue weighted by Crippen LogP contribution is 2.42. The van der Waals surface area contributed by atoms with Crippen molar-refractivity contribution in [2.45, 2.75) is 89.3 Å². The van der Waals surface area contributed by atoms with Crippen LogP contribution in [0.3, 0.4) is 0 Å². The molecule has 3 saturated carbocycles. The van der Waals surface area contributed by atoms with E-state index in [1.165, 1.54) is 76.2 Å². The molecule has 0 atom stereocenters. The lowest BCUT2D eigenvalue weighted by atomic mass is 9.65. The number of allylic oxidation sites excluding steroid dienone is 3. The molecule has 0 saturated heterocycles. The topological polar surface area (TPSA) is 26.3 Å². The van der Waals surface area contributed by atoms with Gasteiger partial charge in [0.2, 0.25) is 0 Å². The maximum absolute atomic E-state index is 12.6. The summed E-state index contributed by atoms with van der Waals surface area (Å²) >= 11 is 0. The van der Waals surface area contributed by atoms with E-state index in [4.69, 9.17) is 4.74 Å². The van der Waals surface area contributed by atoms with E-state index >= 15 is 0 Å². The quantitative estimate of drug-likeness (QED) is 0.358. The van der Waals surface area contributed by atoms with Crippen molar-refractivity contribution in [2.75, 3.05) is 0 Å². The van der Waals surface area contributed by atoms with Crippen molar-refractivity contribution in [3.05, 3.63) is 34.9 Å². The Labute approximate surface area is 171 Å². The fourth-order valence-corrected chi connectivity index (χ4v) is 5.87. The lowest BCUT2D eigenvalue weighted by Crippen LogP contribution is -2.28. The molecule has 2 nitrogen and oxygen atoms in total. The molecule has 4 aliphatic rings. The van der Waals surface area contributed by atoms with Gasteiger partial charge < -0.3 is 4.74 Å². The maximum Gasteiger partial charge on any atom is 0.314 e. The van der Waals surface area contributed by atoms with Gasteiger partial charge in [0, 0.05) is 5.57 Å². The van der Waals surface area contributed by atoms with Gasteiger partial charge in [0.05, 0.1) is 5.92 Å². The Kier molecular flexibility index (Phi) is 6.66. The van der Waals surface area contributed by atoms with E-state index in [1.54, 1.807) is 0 Å². The van der Waals surface area contributed by atoms with Crippen LogP contribution in [0.15, 0.2) is 34.9 Å². The van der Waals surface area contributed by atoms with E-state index in [9.17, 15) is 4.79 Å². The van der Waals surface area contributed by atoms with Crippen molar-refractivity contribution in [2.24, 2.45) is 23.7 Å². The number of rotatable bonds is 4. The first-order valence-electron chi connectivity index (χ1n) is 11.8. The number of carbonyl (C=O) groups excluding carboxylic acids is 1. The van der Waals surface area contributed by atoms with Crippen LogP contribution in [0.1, 0.15) is 83.5 Å². The minimum atomic E-state index is -0.0502. The SMILES string of the molecule is BC1CCC(C2CCC(C(=O)OC3=C=C=C(C4CCCCC4)C=C3)CC2)CC1. The molecule has 150 valence electrons. The van der Waals surface area contributed by atoms with Gasteiger partial charge in [0.1, 0.15) is 7.85 Å². The summed E-state index contributed by atoms with van der Waals surface area (Å²) in [5.41, 5.74) is 7.61. The van der Waals surface area contributed by atoms with Gasteiger partial charge in [-0.1, -0.05) is 56.5 Å². The minimum Gasteiger partial charge on any atom is -0.417 e. The Bertz CT molecular complexity index is 686. The molecule has 0 radical (unpaired) electrons. The van der Waals surface area contributed by atoms with Crippen LogP contribution in [0.5, 0.6) is 0 Å². The second kappa shape index (κ2) is 9.38. The fraction of sp³-hybridized carbons (Fsp3) is 0.720. The molecule has 0 aromatic rings. The predicted molar refractivity (Wildman–Crippen MR) is 116 cm³/mol. The third kappa shape index (κ3) is 4.94. The molecular formula is C25H35BO2. The Morgan fingerprint density at radius 3 is 2.07 bits per heavy atom. The Morgan fingerprint density at radius 1 is 0.821 bits per heavy atom. The van der Waals surface area contributed by atoms with Crippen LogP contribution in [0, 0.1) is 23.7 Å². The van der Waals surface area contributed by atoms with E-state index in [1.807, 2.05) is 6.08 Å². The normalized spacial score (nSPS) is 33.9. The van der Waals surface area contributed by atoms with Crippen molar-refractivity contribution < 1.29 is 9.53 Å². The summed E-state index contributed by atoms with van der Waals surface area (Å²) in [5, 5.41) is 0. The average molecular weight is 378 g/mol. The van der Waals surface area contributed by atoms with Crippen molar-refractivity contribution in [1.82, 2.24) is 0 Å². The van der Waals surface area contributed by atoms with E-state index in [-0.39, 0.29) is 11.9 Å². The fourth-order valence-electron chi connectivity index (χ4n) is 5.87. The molecule has 4 aliphatic carbocycles. The molecule has 0 aromatic heterocycles. The molecule has 0 heterocycles. The second-order valence-corrected chi connectivity index (χ2v) is 9.79. The van der Waals surface area contributed by atoms with Crippen molar-refractivity contribution >= 4 is 13.8 Å². The van der Waals surface area contributed by atoms with Crippen molar-refractivity contribution in [3.63, 3.8) is 0 Å². The Hall–Kier alpha value is -1.43. The maximum atomic E-state index is 12.6. The summed E-state index contributed by atoms with van der Waals surface area (Å²) in [4.78, 5) is 12.6. The molecule has 0 aliphatic heterocycles. The highest BCUT2D eigenvalue weighted by atomic mass is 16.5. The summed E-state index contributed by atoms with van der Waals surface area (Å²) in [6, 6.07) is 0. The summed E-state index contributed by atoms with van der Waals surface area (Å²) in [5.74, 6) is 3.85. The zero-order valence-corrected chi connectivity index (χ0v) is 17.6. The number of hydrogen-bond donors (Lipinski definition) is 0. The molecule has 0 amide bonds. The van der Waals surface area contributed by atoms with E-state index < -0.39 is 0 Å². The van der Waals surface area contributed by atoms with Crippen LogP contribution in [0.4, 0.5) is 0 Å². The molecule has 0 N–H and O–H groups in total. The molecule has 4 rings (SSSR count). The largest absolute Gasteiger partial charge is 0.417 e. The molecule has 0 spiro atoms. The molecule has 0 unspecified atom stereocenters. The van der Waals surface area contributed by atoms with Gasteiger partial charge in [-0.15, -0.1) is 0 Å². The van der Waals surface area contributed by atoms with E-state index in [0.717, 1.165) is 30.5 Å². The Balaban J connectivity index is 1.27. The lowest BCUT2D eigenvalue weighted by Gasteiger charge is -2.36. The molecule has 0 aromatic carbocycles. The first-order valence-corrected chi connectivity index (χ1v) is 11.8. The lowest BCUT2D eigenvalue weighted by molar-refractivity contribution is -0.145. The number of carbonyl (C=O) groups is 1. The second-order valence-electron chi connectivity index (χ2n) is 9.79. The zero-order valence-electron chi connectivity index (χ0n) is 17.6. The third-order valence-corrected chi connectivity index (χ3v) is 7.83. The number of esters is 1. The predicted octanol–water partition coefficient (Wildman–Crippen LogP) is 5.66. The van der Waals surface area contributed by atoms with Crippen LogP contribution >= 0.6 is 0 Å². The minimum absolute atomic E-state index is 0.0502. The van der Waals surface area contributed by atoms with Gasteiger partial charge in [-0.25, -0.2) is 0 Å². The van der Waals surface area contributed by atoms with Gasteiger partial charge >= 0.3 is 5.97 Å². The number of ether oxygens (including phenoxy) is 1. The molecular weight excluding hydrogens is 343 g/mol. The molecule has 3 heteroatoms. The van der Waals surface area contributed by atoms with E-state index in [0.29, 0.717) is 11.7 Å². The van der Waals surface area contributed by atoms with Crippen LogP contribution < -0.4 is 0 Å². The summed E-state index contributed by atoms with van der Waals surface area (Å²) in [6.07, 6.45) is 20.5. The van der Waals surface area contributed by atoms with Crippen LogP contribution in [0.2, 0.25) is 5.82 Å². The third-order valence-electron chi connectivity index (χ3n) is 7.83. The highest BCUT2D eigenvalue weighted by molar-refractivity contribution is 6.11. The Morgan fingerprint density at radius 2 is 1.46 bits per heavy atom. The van der Waals surface area contributed by atoms with Crippen LogP contribution in [-0.4, -0.2) is 13.8 Å². The van der Waals surface area contributed by atoms with Gasteiger partial charge in [-0.2, -0.15) is 0 Å². The number of hydrogen-bond acceptors (Lipinski definition) is 2.